The zero-order valence-electron chi connectivity index (χ0n) is 44.5. The third-order valence-electron chi connectivity index (χ3n) is 14.1. The molecule has 0 aliphatic carbocycles. The molecule has 0 aromatic rings. The minimum atomic E-state index is -1.28. The minimum absolute atomic E-state index is 0.360. The molecule has 0 radical (unpaired) electrons. The lowest BCUT2D eigenvalue weighted by atomic mass is 10.00. The highest BCUT2D eigenvalue weighted by atomic mass is 16.3. The highest BCUT2D eigenvalue weighted by Crippen LogP contribution is 2.18. The fraction of sp³-hybridized carbons (Fsp3) is 0.917. The molecule has 0 saturated heterocycles. The van der Waals surface area contributed by atoms with E-state index in [4.69, 9.17) is 0 Å². The second-order valence-electron chi connectivity index (χ2n) is 20.7. The first-order valence-corrected chi connectivity index (χ1v) is 29.7. The van der Waals surface area contributed by atoms with E-state index in [1.165, 1.54) is 257 Å². The first kappa shape index (κ1) is 64.8. The van der Waals surface area contributed by atoms with Crippen molar-refractivity contribution in [2.75, 3.05) is 6.61 Å². The zero-order valence-corrected chi connectivity index (χ0v) is 44.5. The number of hydrogen-bond acceptors (Lipinski definition) is 5. The van der Waals surface area contributed by atoms with Crippen molar-refractivity contribution in [3.8, 4) is 0 Å². The summed E-state index contributed by atoms with van der Waals surface area (Å²) < 4.78 is 0. The predicted molar refractivity (Wildman–Crippen MR) is 288 cm³/mol. The van der Waals surface area contributed by atoms with Crippen LogP contribution in [-0.2, 0) is 4.79 Å². The minimum Gasteiger partial charge on any atom is -0.394 e. The molecule has 5 N–H and O–H groups in total. The molecular formula is C60H117NO5. The molecule has 6 heteroatoms. The number of hydrogen-bond donors (Lipinski definition) is 5. The SMILES string of the molecule is CCCCCCCCCCCCCC/C=C\CCCCCCCCCC(O)C(=O)NC(CO)C(O)C(O)CCC/C=C/CCCCCCCCCCCCCCCCCCCCCCCC. The molecule has 0 heterocycles. The zero-order chi connectivity index (χ0) is 48.1. The van der Waals surface area contributed by atoms with Crippen LogP contribution < -0.4 is 5.32 Å². The molecule has 0 aliphatic heterocycles. The van der Waals surface area contributed by atoms with Crippen LogP contribution in [0.3, 0.4) is 0 Å². The fourth-order valence-corrected chi connectivity index (χ4v) is 9.46. The van der Waals surface area contributed by atoms with E-state index in [1.807, 2.05) is 0 Å². The Labute approximate surface area is 412 Å². The van der Waals surface area contributed by atoms with Gasteiger partial charge in [0.15, 0.2) is 0 Å². The molecule has 4 atom stereocenters. The van der Waals surface area contributed by atoms with E-state index in [9.17, 15) is 25.2 Å². The molecule has 4 unspecified atom stereocenters. The molecule has 392 valence electrons. The van der Waals surface area contributed by atoms with Gasteiger partial charge in [0.2, 0.25) is 5.91 Å². The summed E-state index contributed by atoms with van der Waals surface area (Å²) in [6.45, 7) is 4.08. The quantitative estimate of drug-likeness (QED) is 0.0308. The van der Waals surface area contributed by atoms with Gasteiger partial charge in [-0.05, 0) is 64.2 Å². The number of rotatable bonds is 55. The summed E-state index contributed by atoms with van der Waals surface area (Å²) in [6, 6.07) is -1.00. The van der Waals surface area contributed by atoms with Crippen molar-refractivity contribution in [1.82, 2.24) is 5.32 Å². The van der Waals surface area contributed by atoms with Gasteiger partial charge in [-0.3, -0.25) is 4.79 Å². The lowest BCUT2D eigenvalue weighted by Gasteiger charge is -2.27. The Balaban J connectivity index is 3.63. The normalized spacial score (nSPS) is 13.8. The fourth-order valence-electron chi connectivity index (χ4n) is 9.46. The highest BCUT2D eigenvalue weighted by Gasteiger charge is 2.28. The number of unbranched alkanes of at least 4 members (excludes halogenated alkanes) is 42. The van der Waals surface area contributed by atoms with Gasteiger partial charge in [0.05, 0.1) is 18.8 Å². The van der Waals surface area contributed by atoms with Gasteiger partial charge in [0.25, 0.3) is 0 Å². The van der Waals surface area contributed by atoms with Crippen LogP contribution in [0.2, 0.25) is 0 Å². The second kappa shape index (κ2) is 54.7. The van der Waals surface area contributed by atoms with E-state index in [-0.39, 0.29) is 0 Å². The summed E-state index contributed by atoms with van der Waals surface area (Å²) in [7, 11) is 0. The van der Waals surface area contributed by atoms with Crippen LogP contribution in [0.4, 0.5) is 0 Å². The summed E-state index contributed by atoms with van der Waals surface area (Å²) in [6.07, 6.45) is 66.9. The van der Waals surface area contributed by atoms with Crippen LogP contribution >= 0.6 is 0 Å². The third kappa shape index (κ3) is 47.8. The molecule has 0 aliphatic rings. The molecule has 6 nitrogen and oxygen atoms in total. The van der Waals surface area contributed by atoms with Gasteiger partial charge in [-0.15, -0.1) is 0 Å². The number of carbonyl (C=O) groups is 1. The summed E-state index contributed by atoms with van der Waals surface area (Å²) >= 11 is 0. The Morgan fingerprint density at radius 2 is 0.621 bits per heavy atom. The van der Waals surface area contributed by atoms with Gasteiger partial charge in [-0.2, -0.15) is 0 Å². The molecule has 0 fully saturated rings. The van der Waals surface area contributed by atoms with Crippen LogP contribution in [0.15, 0.2) is 24.3 Å². The number of nitrogens with one attached hydrogen (secondary N) is 1. The summed E-state index contributed by atoms with van der Waals surface area (Å²) in [5, 5.41) is 44.0. The average Bonchev–Trinajstić information content (AvgIpc) is 3.32. The second-order valence-corrected chi connectivity index (χ2v) is 20.7. The number of amides is 1. The Morgan fingerprint density at radius 1 is 0.364 bits per heavy atom. The lowest BCUT2D eigenvalue weighted by molar-refractivity contribution is -0.132. The van der Waals surface area contributed by atoms with E-state index < -0.39 is 36.9 Å². The van der Waals surface area contributed by atoms with Crippen LogP contribution in [0.5, 0.6) is 0 Å². The van der Waals surface area contributed by atoms with Crippen molar-refractivity contribution < 1.29 is 25.2 Å². The van der Waals surface area contributed by atoms with E-state index in [2.05, 4.69) is 43.5 Å². The van der Waals surface area contributed by atoms with Gasteiger partial charge in [-0.25, -0.2) is 0 Å². The third-order valence-corrected chi connectivity index (χ3v) is 14.1. The molecule has 0 spiro atoms. The van der Waals surface area contributed by atoms with Crippen molar-refractivity contribution in [2.45, 2.75) is 346 Å². The molecule has 1 amide bonds. The smallest absolute Gasteiger partial charge is 0.249 e. The van der Waals surface area contributed by atoms with Crippen LogP contribution in [0.25, 0.3) is 0 Å². The monoisotopic (exact) mass is 932 g/mol. The summed E-state index contributed by atoms with van der Waals surface area (Å²) in [4.78, 5) is 12.6. The Kier molecular flexibility index (Phi) is 53.7. The maximum absolute atomic E-state index is 12.6. The van der Waals surface area contributed by atoms with E-state index in [1.54, 1.807) is 0 Å². The van der Waals surface area contributed by atoms with Crippen molar-refractivity contribution in [3.05, 3.63) is 24.3 Å². The predicted octanol–water partition coefficient (Wildman–Crippen LogP) is 17.4. The van der Waals surface area contributed by atoms with Gasteiger partial charge in [0, 0.05) is 0 Å². The van der Waals surface area contributed by atoms with Gasteiger partial charge < -0.3 is 25.7 Å². The lowest BCUT2D eigenvalue weighted by Crippen LogP contribution is -2.53. The van der Waals surface area contributed by atoms with Gasteiger partial charge >= 0.3 is 0 Å². The van der Waals surface area contributed by atoms with Crippen molar-refractivity contribution in [1.29, 1.82) is 0 Å². The van der Waals surface area contributed by atoms with Crippen LogP contribution in [-0.4, -0.2) is 57.3 Å². The maximum Gasteiger partial charge on any atom is 0.249 e. The number of allylic oxidation sites excluding steroid dienone is 4. The molecule has 0 rings (SSSR count). The molecule has 0 bridgehead atoms. The van der Waals surface area contributed by atoms with Gasteiger partial charge in [-0.1, -0.05) is 282 Å². The maximum atomic E-state index is 12.6. The largest absolute Gasteiger partial charge is 0.394 e. The Bertz CT molecular complexity index is 1000. The van der Waals surface area contributed by atoms with Crippen LogP contribution in [0, 0.1) is 0 Å². The van der Waals surface area contributed by atoms with Crippen molar-refractivity contribution in [3.63, 3.8) is 0 Å². The Hall–Kier alpha value is -1.21. The van der Waals surface area contributed by atoms with Gasteiger partial charge in [0.1, 0.15) is 12.2 Å². The topological polar surface area (TPSA) is 110 Å². The number of carbonyl (C=O) groups excluding carboxylic acids is 1. The average molecular weight is 933 g/mol. The molecule has 66 heavy (non-hydrogen) atoms. The molecule has 0 saturated carbocycles. The van der Waals surface area contributed by atoms with Crippen LogP contribution in [0.1, 0.15) is 322 Å². The van der Waals surface area contributed by atoms with Crippen molar-refractivity contribution >= 4 is 5.91 Å². The van der Waals surface area contributed by atoms with E-state index in [0.29, 0.717) is 12.8 Å². The van der Waals surface area contributed by atoms with E-state index in [0.717, 1.165) is 38.5 Å². The summed E-state index contributed by atoms with van der Waals surface area (Å²) in [5.74, 6) is -0.592. The number of aliphatic hydroxyl groups is 4. The molecular weight excluding hydrogens is 815 g/mol. The number of aliphatic hydroxyl groups excluding tert-OH is 4. The molecule has 0 aromatic carbocycles. The van der Waals surface area contributed by atoms with E-state index >= 15 is 0 Å². The first-order chi connectivity index (χ1) is 32.5. The highest BCUT2D eigenvalue weighted by molar-refractivity contribution is 5.80. The standard InChI is InChI=1S/C60H117NO5/c1-3-5-7-9-11-13-15-17-19-21-23-25-27-28-29-30-32-33-35-37-39-41-43-45-47-49-51-53-57(63)59(65)56(55-62)61-60(66)58(64)54-52-50-48-46-44-42-40-38-36-34-31-26-24-22-20-18-16-14-12-10-8-6-4-2/h34,36,45,47,56-59,62-65H,3-33,35,37-44,46,48-55H2,1-2H3,(H,61,66)/b36-34-,47-45+. The first-order valence-electron chi connectivity index (χ1n) is 29.7. The summed E-state index contributed by atoms with van der Waals surface area (Å²) in [5.41, 5.74) is 0. The van der Waals surface area contributed by atoms with Crippen molar-refractivity contribution in [2.24, 2.45) is 0 Å². The molecule has 0 aromatic heterocycles. The Morgan fingerprint density at radius 3 is 0.909 bits per heavy atom.